The fourth-order valence-corrected chi connectivity index (χ4v) is 2.27. The minimum atomic E-state index is -0.862. The number of fused-ring (bicyclic) bond motifs is 1. The van der Waals surface area contributed by atoms with Crippen LogP contribution in [-0.2, 0) is 9.59 Å². The van der Waals surface area contributed by atoms with Crippen LogP contribution in [0.15, 0.2) is 18.2 Å². The number of aryl methyl sites for hydroxylation is 1. The zero-order valence-corrected chi connectivity index (χ0v) is 9.93. The Balaban J connectivity index is 2.45. The molecule has 1 heterocycles. The monoisotopic (exact) mass is 233 g/mol. The molecule has 1 amide bonds. The lowest BCUT2D eigenvalue weighted by atomic mass is 9.86. The van der Waals surface area contributed by atoms with E-state index in [2.05, 4.69) is 0 Å². The molecule has 0 saturated carbocycles. The van der Waals surface area contributed by atoms with Gasteiger partial charge < -0.3 is 10.0 Å². The molecule has 0 fully saturated rings. The number of nitrogens with zero attached hydrogens (tertiary/aromatic N) is 1. The predicted molar refractivity (Wildman–Crippen MR) is 64.2 cm³/mol. The first-order valence-electron chi connectivity index (χ1n) is 5.58. The van der Waals surface area contributed by atoms with Crippen molar-refractivity contribution in [1.29, 1.82) is 0 Å². The molecular formula is C13H15NO3. The van der Waals surface area contributed by atoms with Gasteiger partial charge in [-0.05, 0) is 24.1 Å². The van der Waals surface area contributed by atoms with Gasteiger partial charge in [0.05, 0.1) is 6.42 Å². The minimum absolute atomic E-state index is 0.00956. The molecule has 1 aliphatic rings. The summed E-state index contributed by atoms with van der Waals surface area (Å²) in [5, 5.41) is 8.87. The molecule has 17 heavy (non-hydrogen) atoms. The van der Waals surface area contributed by atoms with E-state index in [1.807, 2.05) is 25.1 Å². The van der Waals surface area contributed by atoms with Crippen molar-refractivity contribution in [2.24, 2.45) is 0 Å². The number of carboxylic acid groups (broad SMARTS) is 1. The Morgan fingerprint density at radius 2 is 2.24 bits per heavy atom. The largest absolute Gasteiger partial charge is 0.481 e. The SMILES string of the molecule is Cc1ccc2c(c1)N(C)C(=O)CC2CC(=O)O. The molecule has 0 bridgehead atoms. The summed E-state index contributed by atoms with van der Waals surface area (Å²) >= 11 is 0. The van der Waals surface area contributed by atoms with E-state index in [9.17, 15) is 9.59 Å². The average Bonchev–Trinajstić information content (AvgIpc) is 2.24. The van der Waals surface area contributed by atoms with Gasteiger partial charge in [0.25, 0.3) is 0 Å². The quantitative estimate of drug-likeness (QED) is 0.849. The van der Waals surface area contributed by atoms with Crippen LogP contribution < -0.4 is 4.90 Å². The van der Waals surface area contributed by atoms with Crippen molar-refractivity contribution in [3.63, 3.8) is 0 Å². The number of aliphatic carboxylic acids is 1. The Labute approximate surface area is 99.9 Å². The van der Waals surface area contributed by atoms with Gasteiger partial charge in [0.1, 0.15) is 0 Å². The molecule has 2 rings (SSSR count). The maximum absolute atomic E-state index is 11.8. The number of hydrogen-bond donors (Lipinski definition) is 1. The number of carbonyl (C=O) groups is 2. The second-order valence-electron chi connectivity index (χ2n) is 4.51. The van der Waals surface area contributed by atoms with Gasteiger partial charge in [-0.15, -0.1) is 0 Å². The second-order valence-corrected chi connectivity index (χ2v) is 4.51. The fourth-order valence-electron chi connectivity index (χ4n) is 2.27. The van der Waals surface area contributed by atoms with E-state index in [-0.39, 0.29) is 24.7 Å². The van der Waals surface area contributed by atoms with Gasteiger partial charge in [-0.25, -0.2) is 0 Å². The van der Waals surface area contributed by atoms with Crippen molar-refractivity contribution < 1.29 is 14.7 Å². The van der Waals surface area contributed by atoms with Crippen LogP contribution in [0, 0.1) is 6.92 Å². The fraction of sp³-hybridized carbons (Fsp3) is 0.385. The summed E-state index contributed by atoms with van der Waals surface area (Å²) < 4.78 is 0. The van der Waals surface area contributed by atoms with E-state index in [0.717, 1.165) is 16.8 Å². The van der Waals surface area contributed by atoms with E-state index < -0.39 is 5.97 Å². The Kier molecular flexibility index (Phi) is 2.88. The summed E-state index contributed by atoms with van der Waals surface area (Å²) in [6.45, 7) is 1.96. The third-order valence-corrected chi connectivity index (χ3v) is 3.20. The number of amides is 1. The summed E-state index contributed by atoms with van der Waals surface area (Å²) in [5.74, 6) is -1.08. The number of rotatable bonds is 2. The van der Waals surface area contributed by atoms with E-state index >= 15 is 0 Å². The van der Waals surface area contributed by atoms with Crippen molar-refractivity contribution in [1.82, 2.24) is 0 Å². The summed E-state index contributed by atoms with van der Waals surface area (Å²) in [4.78, 5) is 24.2. The number of carbonyl (C=O) groups excluding carboxylic acids is 1. The molecule has 90 valence electrons. The summed E-state index contributed by atoms with van der Waals surface area (Å²) in [6, 6.07) is 5.82. The minimum Gasteiger partial charge on any atom is -0.481 e. The van der Waals surface area contributed by atoms with Crippen LogP contribution in [0.4, 0.5) is 5.69 Å². The Morgan fingerprint density at radius 3 is 2.88 bits per heavy atom. The highest BCUT2D eigenvalue weighted by Crippen LogP contribution is 2.37. The van der Waals surface area contributed by atoms with Crippen LogP contribution in [0.3, 0.4) is 0 Å². The van der Waals surface area contributed by atoms with Crippen LogP contribution in [-0.4, -0.2) is 24.0 Å². The second kappa shape index (κ2) is 4.20. The average molecular weight is 233 g/mol. The molecule has 0 saturated heterocycles. The number of anilines is 1. The van der Waals surface area contributed by atoms with Gasteiger partial charge in [-0.2, -0.15) is 0 Å². The standard InChI is InChI=1S/C13H15NO3/c1-8-3-4-10-9(7-13(16)17)6-12(15)14(2)11(10)5-8/h3-5,9H,6-7H2,1-2H3,(H,16,17). The normalized spacial score (nSPS) is 19.1. The highest BCUT2D eigenvalue weighted by atomic mass is 16.4. The molecule has 4 heteroatoms. The summed E-state index contributed by atoms with van der Waals surface area (Å²) in [6.07, 6.45) is 0.286. The maximum atomic E-state index is 11.8. The van der Waals surface area contributed by atoms with Gasteiger partial charge in [-0.3, -0.25) is 9.59 Å². The molecule has 1 atom stereocenters. The number of benzene rings is 1. The molecule has 1 N–H and O–H groups in total. The predicted octanol–water partition coefficient (Wildman–Crippen LogP) is 1.92. The summed E-state index contributed by atoms with van der Waals surface area (Å²) in [7, 11) is 1.73. The van der Waals surface area contributed by atoms with E-state index in [4.69, 9.17) is 5.11 Å². The van der Waals surface area contributed by atoms with E-state index in [1.54, 1.807) is 11.9 Å². The number of carboxylic acids is 1. The smallest absolute Gasteiger partial charge is 0.303 e. The van der Waals surface area contributed by atoms with Gasteiger partial charge >= 0.3 is 5.97 Å². The molecule has 1 unspecified atom stereocenters. The third-order valence-electron chi connectivity index (χ3n) is 3.20. The zero-order valence-electron chi connectivity index (χ0n) is 9.93. The first-order valence-corrected chi connectivity index (χ1v) is 5.58. The van der Waals surface area contributed by atoms with Crippen LogP contribution in [0.2, 0.25) is 0 Å². The van der Waals surface area contributed by atoms with Gasteiger partial charge in [0.2, 0.25) is 5.91 Å². The van der Waals surface area contributed by atoms with E-state index in [0.29, 0.717) is 0 Å². The maximum Gasteiger partial charge on any atom is 0.303 e. The van der Waals surface area contributed by atoms with Crippen molar-refractivity contribution in [3.8, 4) is 0 Å². The Bertz CT molecular complexity index is 482. The van der Waals surface area contributed by atoms with Crippen LogP contribution in [0.1, 0.15) is 29.9 Å². The van der Waals surface area contributed by atoms with Crippen LogP contribution >= 0.6 is 0 Å². The van der Waals surface area contributed by atoms with Crippen LogP contribution in [0.5, 0.6) is 0 Å². The highest BCUT2D eigenvalue weighted by molar-refractivity contribution is 5.97. The lowest BCUT2D eigenvalue weighted by Gasteiger charge is -2.31. The Morgan fingerprint density at radius 1 is 1.53 bits per heavy atom. The van der Waals surface area contributed by atoms with Crippen molar-refractivity contribution >= 4 is 17.6 Å². The molecule has 4 nitrogen and oxygen atoms in total. The summed E-state index contributed by atoms with van der Waals surface area (Å²) in [5.41, 5.74) is 2.87. The molecule has 0 radical (unpaired) electrons. The van der Waals surface area contributed by atoms with Gasteiger partial charge in [0, 0.05) is 25.1 Å². The first kappa shape index (κ1) is 11.6. The van der Waals surface area contributed by atoms with Gasteiger partial charge in [0.15, 0.2) is 0 Å². The molecule has 0 spiro atoms. The zero-order chi connectivity index (χ0) is 12.6. The Hall–Kier alpha value is -1.84. The highest BCUT2D eigenvalue weighted by Gasteiger charge is 2.30. The molecule has 1 aromatic rings. The molecule has 0 aliphatic carbocycles. The molecule has 1 aliphatic heterocycles. The van der Waals surface area contributed by atoms with E-state index in [1.165, 1.54) is 0 Å². The lowest BCUT2D eigenvalue weighted by Crippen LogP contribution is -2.33. The molecular weight excluding hydrogens is 218 g/mol. The topological polar surface area (TPSA) is 57.6 Å². The molecule has 1 aromatic carbocycles. The lowest BCUT2D eigenvalue weighted by molar-refractivity contribution is -0.137. The number of hydrogen-bond acceptors (Lipinski definition) is 2. The first-order chi connectivity index (χ1) is 7.99. The van der Waals surface area contributed by atoms with Gasteiger partial charge in [-0.1, -0.05) is 12.1 Å². The molecule has 0 aromatic heterocycles. The third kappa shape index (κ3) is 2.16. The van der Waals surface area contributed by atoms with Crippen molar-refractivity contribution in [2.45, 2.75) is 25.7 Å². The van der Waals surface area contributed by atoms with Crippen molar-refractivity contribution in [3.05, 3.63) is 29.3 Å². The van der Waals surface area contributed by atoms with Crippen molar-refractivity contribution in [2.75, 3.05) is 11.9 Å². The van der Waals surface area contributed by atoms with Crippen LogP contribution in [0.25, 0.3) is 0 Å².